The maximum Gasteiger partial charge on any atom is 0.226 e. The molecule has 1 heterocycles. The lowest BCUT2D eigenvalue weighted by Gasteiger charge is -2.46. The van der Waals surface area contributed by atoms with Crippen LogP contribution in [0.25, 0.3) is 0 Å². The van der Waals surface area contributed by atoms with Crippen LogP contribution in [0.4, 0.5) is 0 Å². The Morgan fingerprint density at radius 3 is 2.36 bits per heavy atom. The van der Waals surface area contributed by atoms with E-state index in [9.17, 15) is 5.11 Å². The molecule has 1 aliphatic carbocycles. The predicted molar refractivity (Wildman–Crippen MR) is 125 cm³/mol. The van der Waals surface area contributed by atoms with E-state index >= 15 is 0 Å². The average Bonchev–Trinajstić information content (AvgIpc) is 3.31. The minimum Gasteiger partial charge on any atom is -0.839 e. The van der Waals surface area contributed by atoms with Gasteiger partial charge in [0.25, 0.3) is 0 Å². The molecule has 2 aromatic carbocycles. The Kier molecular flexibility index (Phi) is 7.46. The molecule has 176 valence electrons. The highest BCUT2D eigenvalue weighted by molar-refractivity contribution is 5.29. The summed E-state index contributed by atoms with van der Waals surface area (Å²) in [6.07, 6.45) is 6.06. The summed E-state index contributed by atoms with van der Waals surface area (Å²) >= 11 is 0. The van der Waals surface area contributed by atoms with Crippen LogP contribution in [0.15, 0.2) is 65.2 Å². The fourth-order valence-electron chi connectivity index (χ4n) is 4.86. The molecule has 1 fully saturated rings. The van der Waals surface area contributed by atoms with Crippen molar-refractivity contribution in [1.29, 1.82) is 0 Å². The number of para-hydroxylation sites is 1. The third-order valence-corrected chi connectivity index (χ3v) is 6.66. The van der Waals surface area contributed by atoms with Gasteiger partial charge in [-0.05, 0) is 29.2 Å². The molecule has 3 aromatic rings. The number of benzene rings is 2. The first-order chi connectivity index (χ1) is 16.0. The Hall–Kier alpha value is -2.70. The molecule has 6 heteroatoms. The van der Waals surface area contributed by atoms with Gasteiger partial charge in [-0.2, -0.15) is 4.98 Å². The van der Waals surface area contributed by atoms with Crippen molar-refractivity contribution in [3.05, 3.63) is 77.9 Å². The second-order valence-corrected chi connectivity index (χ2v) is 9.78. The van der Waals surface area contributed by atoms with Crippen LogP contribution in [0.5, 0.6) is 5.75 Å². The summed E-state index contributed by atoms with van der Waals surface area (Å²) in [7, 11) is 4.28. The number of rotatable bonds is 10. The van der Waals surface area contributed by atoms with Crippen molar-refractivity contribution < 1.29 is 18.8 Å². The molecule has 0 aliphatic heterocycles. The second-order valence-electron chi connectivity index (χ2n) is 9.78. The first-order valence-electron chi connectivity index (χ1n) is 12.1. The van der Waals surface area contributed by atoms with Crippen molar-refractivity contribution >= 4 is 0 Å². The van der Waals surface area contributed by atoms with Crippen molar-refractivity contribution in [2.45, 2.75) is 50.7 Å². The van der Waals surface area contributed by atoms with E-state index in [2.05, 4.69) is 24.2 Å². The molecule has 0 radical (unpaired) electrons. The van der Waals surface area contributed by atoms with Crippen molar-refractivity contribution in [3.8, 4) is 5.75 Å². The van der Waals surface area contributed by atoms with E-state index in [4.69, 9.17) is 9.26 Å². The number of hydrogen-bond donors (Lipinski definition) is 0. The molecule has 1 atom stereocenters. The fraction of sp³-hybridized carbons (Fsp3) is 0.481. The monoisotopic (exact) mass is 449 g/mol. The Morgan fingerprint density at radius 2 is 1.67 bits per heavy atom. The molecular formula is C27H35N3O3. The van der Waals surface area contributed by atoms with Crippen LogP contribution in [0.3, 0.4) is 0 Å². The quantitative estimate of drug-likeness (QED) is 0.341. The second kappa shape index (κ2) is 10.5. The first kappa shape index (κ1) is 23.5. The molecule has 0 bridgehead atoms. The number of quaternary nitrogens is 1. The van der Waals surface area contributed by atoms with Crippen molar-refractivity contribution in [3.63, 3.8) is 0 Å². The van der Waals surface area contributed by atoms with Gasteiger partial charge < -0.3 is 18.8 Å². The zero-order valence-corrected chi connectivity index (χ0v) is 19.8. The summed E-state index contributed by atoms with van der Waals surface area (Å²) in [5.74, 6) is 1.66. The van der Waals surface area contributed by atoms with E-state index in [1.165, 1.54) is 6.42 Å². The zero-order valence-electron chi connectivity index (χ0n) is 19.8. The number of hydrogen-bond acceptors (Lipinski definition) is 5. The summed E-state index contributed by atoms with van der Waals surface area (Å²) in [6.45, 7) is 2.16. The van der Waals surface area contributed by atoms with E-state index in [1.54, 1.807) is 0 Å². The van der Waals surface area contributed by atoms with Crippen LogP contribution in [-0.4, -0.2) is 41.9 Å². The van der Waals surface area contributed by atoms with E-state index < -0.39 is 5.60 Å². The molecule has 1 saturated carbocycles. The highest BCUT2D eigenvalue weighted by Gasteiger charge is 2.37. The summed E-state index contributed by atoms with van der Waals surface area (Å²) in [5.41, 5.74) is -0.771. The minimum atomic E-state index is -1.49. The van der Waals surface area contributed by atoms with Crippen LogP contribution in [0, 0.1) is 5.92 Å². The maximum atomic E-state index is 14.4. The lowest BCUT2D eigenvalue weighted by atomic mass is 9.73. The molecule has 1 unspecified atom stereocenters. The van der Waals surface area contributed by atoms with Gasteiger partial charge in [0.2, 0.25) is 11.7 Å². The Balaban J connectivity index is 1.42. The number of aromatic nitrogens is 2. The summed E-state index contributed by atoms with van der Waals surface area (Å²) in [6, 6.07) is 19.4. The largest absolute Gasteiger partial charge is 0.839 e. The standard InChI is InChI=1S/C27H35N3O3/c1-30(2,19-12-20-32-24-17-10-5-11-18-24)21-25-28-26(33-29-25)27(31,22-13-6-3-7-14-22)23-15-8-4-9-16-23/h3,5-7,10-11,13-14,17-18,23H,4,8-9,12,15-16,19-21H2,1-2H3. The van der Waals surface area contributed by atoms with Crippen LogP contribution < -0.4 is 9.84 Å². The molecule has 1 aromatic heterocycles. The molecule has 33 heavy (non-hydrogen) atoms. The van der Waals surface area contributed by atoms with Crippen molar-refractivity contribution in [1.82, 2.24) is 10.1 Å². The van der Waals surface area contributed by atoms with Gasteiger partial charge in [0.1, 0.15) is 12.3 Å². The molecular weight excluding hydrogens is 414 g/mol. The van der Waals surface area contributed by atoms with E-state index in [0.717, 1.165) is 50.0 Å². The Morgan fingerprint density at radius 1 is 1.00 bits per heavy atom. The van der Waals surface area contributed by atoms with Gasteiger partial charge in [-0.25, -0.2) is 0 Å². The lowest BCUT2D eigenvalue weighted by molar-refractivity contribution is -0.904. The van der Waals surface area contributed by atoms with Crippen LogP contribution in [0.2, 0.25) is 0 Å². The summed E-state index contributed by atoms with van der Waals surface area (Å²) in [5, 5.41) is 18.6. The highest BCUT2D eigenvalue weighted by atomic mass is 16.5. The summed E-state index contributed by atoms with van der Waals surface area (Å²) in [4.78, 5) is 4.66. The molecule has 4 rings (SSSR count). The smallest absolute Gasteiger partial charge is 0.226 e. The van der Waals surface area contributed by atoms with E-state index in [-0.39, 0.29) is 11.8 Å². The third kappa shape index (κ3) is 5.81. The Labute approximate surface area is 196 Å². The van der Waals surface area contributed by atoms with Gasteiger partial charge in [-0.15, -0.1) is 0 Å². The normalized spacial score (nSPS) is 16.9. The highest BCUT2D eigenvalue weighted by Crippen LogP contribution is 2.41. The summed E-state index contributed by atoms with van der Waals surface area (Å²) < 4.78 is 12.2. The van der Waals surface area contributed by atoms with E-state index in [1.807, 2.05) is 60.7 Å². The number of ether oxygens (including phenoxy) is 1. The maximum absolute atomic E-state index is 14.4. The average molecular weight is 450 g/mol. The van der Waals surface area contributed by atoms with Gasteiger partial charge in [0, 0.05) is 6.42 Å². The van der Waals surface area contributed by atoms with Gasteiger partial charge in [0.05, 0.1) is 27.2 Å². The molecule has 6 nitrogen and oxygen atoms in total. The SMILES string of the molecule is C[N+](C)(CCCOc1ccccc1)Cc1noc(C([O-])(c2ccccc2)C2CCCCC2)n1. The predicted octanol–water partition coefficient (Wildman–Crippen LogP) is 4.30. The third-order valence-electron chi connectivity index (χ3n) is 6.66. The molecule has 0 saturated heterocycles. The number of nitrogens with zero attached hydrogens (tertiary/aromatic N) is 3. The Bertz CT molecular complexity index is 984. The van der Waals surface area contributed by atoms with Crippen molar-refractivity contribution in [2.75, 3.05) is 27.2 Å². The van der Waals surface area contributed by atoms with Gasteiger partial charge in [-0.3, -0.25) is 0 Å². The fourth-order valence-corrected chi connectivity index (χ4v) is 4.86. The minimum absolute atomic E-state index is 0.0282. The topological polar surface area (TPSA) is 71.2 Å². The van der Waals surface area contributed by atoms with Gasteiger partial charge >= 0.3 is 0 Å². The lowest BCUT2D eigenvalue weighted by Crippen LogP contribution is -2.49. The van der Waals surface area contributed by atoms with E-state index in [0.29, 0.717) is 23.5 Å². The van der Waals surface area contributed by atoms with Gasteiger partial charge in [0.15, 0.2) is 0 Å². The van der Waals surface area contributed by atoms with Crippen LogP contribution in [-0.2, 0) is 12.1 Å². The van der Waals surface area contributed by atoms with Crippen molar-refractivity contribution in [2.24, 2.45) is 5.92 Å². The molecule has 1 aliphatic rings. The van der Waals surface area contributed by atoms with Crippen LogP contribution >= 0.6 is 0 Å². The first-order valence-corrected chi connectivity index (χ1v) is 12.1. The zero-order chi connectivity index (χ0) is 23.2. The van der Waals surface area contributed by atoms with Gasteiger partial charge in [-0.1, -0.05) is 85.8 Å². The molecule has 0 N–H and O–H groups in total. The van der Waals surface area contributed by atoms with Crippen LogP contribution in [0.1, 0.15) is 55.8 Å². The molecule has 0 spiro atoms. The molecule has 0 amide bonds.